The Bertz CT molecular complexity index is 846. The van der Waals surface area contributed by atoms with Gasteiger partial charge in [0, 0.05) is 24.5 Å². The Balaban J connectivity index is 1.69. The molecular formula is C27H40O6. The molecule has 33 heavy (non-hydrogen) atoms. The van der Waals surface area contributed by atoms with Gasteiger partial charge in [0.1, 0.15) is 12.4 Å². The molecule has 0 aromatic heterocycles. The van der Waals surface area contributed by atoms with Gasteiger partial charge in [-0.3, -0.25) is 4.79 Å². The van der Waals surface area contributed by atoms with Crippen molar-refractivity contribution in [2.45, 2.75) is 98.4 Å². The van der Waals surface area contributed by atoms with E-state index in [9.17, 15) is 19.5 Å². The zero-order valence-corrected chi connectivity index (χ0v) is 20.8. The Morgan fingerprint density at radius 1 is 1.15 bits per heavy atom. The first-order valence-corrected chi connectivity index (χ1v) is 12.6. The zero-order chi connectivity index (χ0) is 24.2. The topological polar surface area (TPSA) is 89.9 Å². The summed E-state index contributed by atoms with van der Waals surface area (Å²) < 4.78 is 10.5. The minimum absolute atomic E-state index is 0.00437. The number of aliphatic hydroxyl groups excluding tert-OH is 1. The van der Waals surface area contributed by atoms with Crippen molar-refractivity contribution < 1.29 is 29.0 Å². The van der Waals surface area contributed by atoms with Crippen LogP contribution in [-0.2, 0) is 23.9 Å². The van der Waals surface area contributed by atoms with Gasteiger partial charge in [-0.15, -0.1) is 0 Å². The molecule has 8 atom stereocenters. The number of carbonyl (C=O) groups excluding carboxylic acids is 3. The summed E-state index contributed by atoms with van der Waals surface area (Å²) in [4.78, 5) is 35.9. The maximum atomic E-state index is 12.2. The largest absolute Gasteiger partial charge is 0.458 e. The number of cyclic esters (lactones) is 1. The van der Waals surface area contributed by atoms with Gasteiger partial charge >= 0.3 is 11.9 Å². The predicted molar refractivity (Wildman–Crippen MR) is 123 cm³/mol. The van der Waals surface area contributed by atoms with Gasteiger partial charge in [-0.2, -0.15) is 0 Å². The lowest BCUT2D eigenvalue weighted by atomic mass is 9.38. The van der Waals surface area contributed by atoms with Crippen LogP contribution in [0.25, 0.3) is 0 Å². The molecule has 4 rings (SSSR count). The molecule has 6 nitrogen and oxygen atoms in total. The number of aliphatic hydroxyl groups is 1. The van der Waals surface area contributed by atoms with Gasteiger partial charge in [-0.05, 0) is 78.9 Å². The van der Waals surface area contributed by atoms with Gasteiger partial charge < -0.3 is 19.4 Å². The smallest absolute Gasteiger partial charge is 0.333 e. The molecule has 184 valence electrons. The molecule has 4 aliphatic rings. The molecule has 0 spiro atoms. The van der Waals surface area contributed by atoms with Gasteiger partial charge in [0.15, 0.2) is 0 Å². The van der Waals surface area contributed by atoms with Crippen molar-refractivity contribution >= 4 is 18.2 Å². The molecule has 1 heterocycles. The van der Waals surface area contributed by atoms with Crippen LogP contribution in [0, 0.1) is 39.9 Å². The number of rotatable bonds is 5. The number of hydrogen-bond donors (Lipinski definition) is 1. The lowest BCUT2D eigenvalue weighted by Crippen LogP contribution is -2.59. The van der Waals surface area contributed by atoms with Crippen LogP contribution in [0.4, 0.5) is 0 Å². The standard InChI is InChI=1S/C27H40O6/c1-16(29)32-20(18-13-23(30)33-24(18)31)14-19-17(15-28)7-8-22-26(19,4)12-9-21-25(2,3)10-6-11-27(21,22)5/h13,15,17,19-22,24,31H,6-12,14H2,1-5H3/t17-,19-,20-,21+,22-,24-,26+,27+/m1/s1. The fraction of sp³-hybridized carbons (Fsp3) is 0.815. The average Bonchev–Trinajstić information content (AvgIpc) is 3.05. The molecule has 0 amide bonds. The van der Waals surface area contributed by atoms with E-state index in [2.05, 4.69) is 27.7 Å². The molecular weight excluding hydrogens is 420 g/mol. The second kappa shape index (κ2) is 8.51. The average molecular weight is 461 g/mol. The number of carbonyl (C=O) groups is 3. The number of fused-ring (bicyclic) bond motifs is 3. The minimum Gasteiger partial charge on any atom is -0.458 e. The van der Waals surface area contributed by atoms with E-state index >= 15 is 0 Å². The van der Waals surface area contributed by atoms with E-state index in [4.69, 9.17) is 9.47 Å². The quantitative estimate of drug-likeness (QED) is 0.477. The molecule has 3 fully saturated rings. The third-order valence-corrected chi connectivity index (χ3v) is 10.1. The van der Waals surface area contributed by atoms with Crippen molar-refractivity contribution in [3.63, 3.8) is 0 Å². The first-order chi connectivity index (χ1) is 15.4. The molecule has 0 unspecified atom stereocenters. The van der Waals surface area contributed by atoms with Crippen molar-refractivity contribution in [3.05, 3.63) is 11.6 Å². The summed E-state index contributed by atoms with van der Waals surface area (Å²) in [5.74, 6) is -0.0755. The van der Waals surface area contributed by atoms with E-state index in [-0.39, 0.29) is 28.2 Å². The Morgan fingerprint density at radius 3 is 2.48 bits per heavy atom. The SMILES string of the molecule is CC(=O)O[C@H](C[C@@H]1[C@@H](C=O)CC[C@@H]2[C@@]1(C)CC[C@H]1C(C)(C)CCC[C@]21C)C1=CC(=O)O[C@H]1O. The summed E-state index contributed by atoms with van der Waals surface area (Å²) in [5.41, 5.74) is 0.755. The highest BCUT2D eigenvalue weighted by molar-refractivity contribution is 5.86. The van der Waals surface area contributed by atoms with Gasteiger partial charge in [0.05, 0.1) is 0 Å². The first-order valence-electron chi connectivity index (χ1n) is 12.6. The molecule has 1 aliphatic heterocycles. The fourth-order valence-corrected chi connectivity index (χ4v) is 8.80. The van der Waals surface area contributed by atoms with Crippen molar-refractivity contribution in [1.29, 1.82) is 0 Å². The normalized spacial score (nSPS) is 42.9. The van der Waals surface area contributed by atoms with E-state index in [1.807, 2.05) is 0 Å². The molecule has 0 saturated heterocycles. The van der Waals surface area contributed by atoms with Crippen molar-refractivity contribution in [1.82, 2.24) is 0 Å². The Labute approximate surface area is 197 Å². The highest BCUT2D eigenvalue weighted by Crippen LogP contribution is 2.69. The van der Waals surface area contributed by atoms with E-state index < -0.39 is 24.3 Å². The maximum absolute atomic E-state index is 12.2. The highest BCUT2D eigenvalue weighted by Gasteiger charge is 2.62. The fourth-order valence-electron chi connectivity index (χ4n) is 8.80. The molecule has 0 aromatic rings. The monoisotopic (exact) mass is 460 g/mol. The summed E-state index contributed by atoms with van der Waals surface area (Å²) in [6, 6.07) is 0. The summed E-state index contributed by atoms with van der Waals surface area (Å²) >= 11 is 0. The summed E-state index contributed by atoms with van der Waals surface area (Å²) in [6.07, 6.45) is 8.34. The third kappa shape index (κ3) is 4.06. The Morgan fingerprint density at radius 2 is 1.88 bits per heavy atom. The van der Waals surface area contributed by atoms with Crippen LogP contribution >= 0.6 is 0 Å². The van der Waals surface area contributed by atoms with Gasteiger partial charge in [-0.25, -0.2) is 4.79 Å². The molecule has 1 N–H and O–H groups in total. The van der Waals surface area contributed by atoms with Crippen LogP contribution in [0.2, 0.25) is 0 Å². The lowest BCUT2D eigenvalue weighted by Gasteiger charge is -2.66. The summed E-state index contributed by atoms with van der Waals surface area (Å²) in [5, 5.41) is 10.3. The molecule has 3 aliphatic carbocycles. The molecule has 0 bridgehead atoms. The third-order valence-electron chi connectivity index (χ3n) is 10.1. The van der Waals surface area contributed by atoms with Crippen molar-refractivity contribution in [3.8, 4) is 0 Å². The molecule has 6 heteroatoms. The lowest BCUT2D eigenvalue weighted by molar-refractivity contribution is -0.182. The van der Waals surface area contributed by atoms with Crippen LogP contribution in [0.3, 0.4) is 0 Å². The first kappa shape index (κ1) is 24.4. The van der Waals surface area contributed by atoms with E-state index in [1.54, 1.807) is 0 Å². The van der Waals surface area contributed by atoms with Crippen molar-refractivity contribution in [2.75, 3.05) is 0 Å². The number of hydrogen-bond acceptors (Lipinski definition) is 6. The van der Waals surface area contributed by atoms with Gasteiger partial charge in [0.25, 0.3) is 0 Å². The summed E-state index contributed by atoms with van der Waals surface area (Å²) in [6.45, 7) is 11.0. The van der Waals surface area contributed by atoms with Crippen molar-refractivity contribution in [2.24, 2.45) is 39.9 Å². The molecule has 0 aromatic carbocycles. The van der Waals surface area contributed by atoms with Crippen LogP contribution in [-0.4, -0.2) is 35.7 Å². The highest BCUT2D eigenvalue weighted by atomic mass is 16.6. The second-order valence-electron chi connectivity index (χ2n) is 12.2. The van der Waals surface area contributed by atoms with Gasteiger partial charge in [-0.1, -0.05) is 34.1 Å². The van der Waals surface area contributed by atoms with E-state index in [0.717, 1.165) is 32.0 Å². The van der Waals surface area contributed by atoms with Crippen LogP contribution in [0.5, 0.6) is 0 Å². The summed E-state index contributed by atoms with van der Waals surface area (Å²) in [7, 11) is 0. The Kier molecular flexibility index (Phi) is 6.30. The van der Waals surface area contributed by atoms with Crippen LogP contribution < -0.4 is 0 Å². The number of aldehydes is 1. The van der Waals surface area contributed by atoms with Gasteiger partial charge in [0.2, 0.25) is 6.29 Å². The molecule has 3 saturated carbocycles. The maximum Gasteiger partial charge on any atom is 0.333 e. The van der Waals surface area contributed by atoms with Crippen LogP contribution in [0.1, 0.15) is 86.0 Å². The molecule has 0 radical (unpaired) electrons. The van der Waals surface area contributed by atoms with Crippen LogP contribution in [0.15, 0.2) is 11.6 Å². The number of esters is 2. The second-order valence-corrected chi connectivity index (χ2v) is 12.2. The Hall–Kier alpha value is -1.69. The van der Waals surface area contributed by atoms with E-state index in [0.29, 0.717) is 23.7 Å². The predicted octanol–water partition coefficient (Wildman–Crippen LogP) is 4.58. The minimum atomic E-state index is -1.41. The zero-order valence-electron chi connectivity index (χ0n) is 20.8. The van der Waals surface area contributed by atoms with E-state index in [1.165, 1.54) is 32.3 Å². The number of ether oxygens (including phenoxy) is 2.